The van der Waals surface area contributed by atoms with Crippen LogP contribution in [0.15, 0.2) is 75.8 Å². The Morgan fingerprint density at radius 2 is 1.88 bits per heavy atom. The minimum atomic E-state index is -0.598. The van der Waals surface area contributed by atoms with Crippen LogP contribution in [0, 0.1) is 6.92 Å². The third-order valence-electron chi connectivity index (χ3n) is 4.92. The van der Waals surface area contributed by atoms with Crippen molar-refractivity contribution in [2.24, 2.45) is 4.99 Å². The van der Waals surface area contributed by atoms with Gasteiger partial charge in [0.25, 0.3) is 0 Å². The number of benzene rings is 3. The van der Waals surface area contributed by atoms with Gasteiger partial charge >= 0.3 is 11.9 Å². The molecule has 0 amide bonds. The minimum Gasteiger partial charge on any atom is -0.490 e. The lowest BCUT2D eigenvalue weighted by atomic mass is 10.1. The Kier molecular flexibility index (Phi) is 7.14. The smallest absolute Gasteiger partial charge is 0.363 e. The highest BCUT2D eigenvalue weighted by Crippen LogP contribution is 2.38. The molecule has 1 aliphatic heterocycles. The first kappa shape index (κ1) is 23.7. The van der Waals surface area contributed by atoms with Gasteiger partial charge in [0.15, 0.2) is 17.2 Å². The number of esters is 2. The van der Waals surface area contributed by atoms with Crippen molar-refractivity contribution in [3.8, 4) is 11.5 Å². The number of ether oxygens (including phenoxy) is 3. The highest BCUT2D eigenvalue weighted by molar-refractivity contribution is 9.10. The molecule has 0 aliphatic carbocycles. The van der Waals surface area contributed by atoms with Crippen molar-refractivity contribution in [2.75, 3.05) is 6.61 Å². The van der Waals surface area contributed by atoms with Crippen LogP contribution in [0.25, 0.3) is 6.08 Å². The summed E-state index contributed by atoms with van der Waals surface area (Å²) in [4.78, 5) is 29.5. The van der Waals surface area contributed by atoms with E-state index in [1.165, 1.54) is 0 Å². The highest BCUT2D eigenvalue weighted by Gasteiger charge is 2.26. The molecule has 1 aliphatic rings. The van der Waals surface area contributed by atoms with Gasteiger partial charge in [0, 0.05) is 0 Å². The first-order valence-corrected chi connectivity index (χ1v) is 11.6. The quantitative estimate of drug-likeness (QED) is 0.206. The predicted molar refractivity (Wildman–Crippen MR) is 134 cm³/mol. The number of carbonyl (C=O) groups excluding carboxylic acids is 2. The zero-order chi connectivity index (χ0) is 24.2. The zero-order valence-corrected chi connectivity index (χ0v) is 20.6. The minimum absolute atomic E-state index is 0.105. The summed E-state index contributed by atoms with van der Waals surface area (Å²) in [6.45, 7) is 4.00. The molecular formula is C26H19BrClNO5. The third kappa shape index (κ3) is 5.05. The SMILES string of the molecule is CCOc1cc(/C=C2\N=C(c3ccccc3Cl)OC2=O)cc(Br)c1OC(=O)c1ccccc1C. The molecule has 3 aromatic rings. The fraction of sp³-hybridized carbons (Fsp3) is 0.115. The summed E-state index contributed by atoms with van der Waals surface area (Å²) in [6, 6.07) is 17.5. The van der Waals surface area contributed by atoms with Crippen molar-refractivity contribution >= 4 is 51.4 Å². The van der Waals surface area contributed by atoms with Gasteiger partial charge in [-0.05, 0) is 77.3 Å². The molecular weight excluding hydrogens is 522 g/mol. The second kappa shape index (κ2) is 10.2. The van der Waals surface area contributed by atoms with E-state index in [0.29, 0.717) is 38.5 Å². The van der Waals surface area contributed by atoms with Crippen LogP contribution < -0.4 is 9.47 Å². The van der Waals surface area contributed by atoms with E-state index in [9.17, 15) is 9.59 Å². The summed E-state index contributed by atoms with van der Waals surface area (Å²) in [7, 11) is 0. The number of halogens is 2. The summed E-state index contributed by atoms with van der Waals surface area (Å²) in [5.74, 6) is -0.383. The lowest BCUT2D eigenvalue weighted by Crippen LogP contribution is -2.11. The standard InChI is InChI=1S/C26H19BrClNO5/c1-3-32-22-14-16(12-19(27)23(22)33-25(30)17-9-5-4-8-15(17)2)13-21-26(31)34-24(29-21)18-10-6-7-11-20(18)28/h4-14H,3H2,1-2H3/b21-13-. The first-order valence-electron chi connectivity index (χ1n) is 10.4. The molecule has 0 saturated carbocycles. The maximum Gasteiger partial charge on any atom is 0.363 e. The maximum atomic E-state index is 12.7. The second-order valence-corrected chi connectivity index (χ2v) is 8.54. The van der Waals surface area contributed by atoms with Crippen LogP contribution >= 0.6 is 27.5 Å². The highest BCUT2D eigenvalue weighted by atomic mass is 79.9. The topological polar surface area (TPSA) is 74.2 Å². The molecule has 0 saturated heterocycles. The number of rotatable bonds is 6. The van der Waals surface area contributed by atoms with Gasteiger partial charge in [0.1, 0.15) is 0 Å². The van der Waals surface area contributed by atoms with E-state index in [1.54, 1.807) is 54.6 Å². The van der Waals surface area contributed by atoms with Gasteiger partial charge in [0.2, 0.25) is 5.90 Å². The number of aliphatic imine (C=N–C) groups is 1. The summed E-state index contributed by atoms with van der Waals surface area (Å²) >= 11 is 9.65. The van der Waals surface area contributed by atoms with Crippen molar-refractivity contribution in [2.45, 2.75) is 13.8 Å². The molecule has 172 valence electrons. The van der Waals surface area contributed by atoms with Gasteiger partial charge < -0.3 is 14.2 Å². The van der Waals surface area contributed by atoms with E-state index in [-0.39, 0.29) is 17.3 Å². The number of aryl methyl sites for hydroxylation is 1. The van der Waals surface area contributed by atoms with Crippen LogP contribution in [-0.2, 0) is 9.53 Å². The number of nitrogens with zero attached hydrogens (tertiary/aromatic N) is 1. The van der Waals surface area contributed by atoms with Gasteiger partial charge in [-0.25, -0.2) is 14.6 Å². The molecule has 0 fully saturated rings. The summed E-state index contributed by atoms with van der Waals surface area (Å²) in [6.07, 6.45) is 1.56. The molecule has 8 heteroatoms. The van der Waals surface area contributed by atoms with E-state index >= 15 is 0 Å². The van der Waals surface area contributed by atoms with E-state index in [0.717, 1.165) is 5.56 Å². The largest absolute Gasteiger partial charge is 0.490 e. The van der Waals surface area contributed by atoms with E-state index in [1.807, 2.05) is 26.0 Å². The zero-order valence-electron chi connectivity index (χ0n) is 18.3. The third-order valence-corrected chi connectivity index (χ3v) is 5.84. The Bertz CT molecular complexity index is 1350. The molecule has 0 radical (unpaired) electrons. The molecule has 1 heterocycles. The average molecular weight is 541 g/mol. The molecule has 0 unspecified atom stereocenters. The van der Waals surface area contributed by atoms with Crippen molar-refractivity contribution in [3.63, 3.8) is 0 Å². The lowest BCUT2D eigenvalue weighted by molar-refractivity contribution is -0.129. The van der Waals surface area contributed by atoms with Crippen LogP contribution in [0.4, 0.5) is 0 Å². The molecule has 0 bridgehead atoms. The summed E-state index contributed by atoms with van der Waals surface area (Å²) in [5, 5.41) is 0.427. The van der Waals surface area contributed by atoms with Crippen molar-refractivity contribution < 1.29 is 23.8 Å². The Labute approximate surface area is 209 Å². The van der Waals surface area contributed by atoms with E-state index < -0.39 is 11.9 Å². The predicted octanol–water partition coefficient (Wildman–Crippen LogP) is 6.37. The van der Waals surface area contributed by atoms with E-state index in [2.05, 4.69) is 20.9 Å². The lowest BCUT2D eigenvalue weighted by Gasteiger charge is -2.14. The monoisotopic (exact) mass is 539 g/mol. The van der Waals surface area contributed by atoms with Gasteiger partial charge in [-0.1, -0.05) is 41.9 Å². The molecule has 34 heavy (non-hydrogen) atoms. The summed E-state index contributed by atoms with van der Waals surface area (Å²) in [5.41, 5.74) is 2.49. The molecule has 3 aromatic carbocycles. The van der Waals surface area contributed by atoms with Gasteiger partial charge in [0.05, 0.1) is 27.2 Å². The van der Waals surface area contributed by atoms with Crippen LogP contribution in [-0.4, -0.2) is 24.4 Å². The Hall–Kier alpha value is -3.42. The average Bonchev–Trinajstić information content (AvgIpc) is 3.16. The van der Waals surface area contributed by atoms with Crippen LogP contribution in [0.2, 0.25) is 5.02 Å². The van der Waals surface area contributed by atoms with Crippen molar-refractivity contribution in [3.05, 3.63) is 98.1 Å². The molecule has 0 spiro atoms. The van der Waals surface area contributed by atoms with Crippen LogP contribution in [0.1, 0.15) is 34.0 Å². The maximum absolute atomic E-state index is 12.7. The molecule has 6 nitrogen and oxygen atoms in total. The van der Waals surface area contributed by atoms with Crippen molar-refractivity contribution in [1.82, 2.24) is 0 Å². The Morgan fingerprint density at radius 1 is 1.15 bits per heavy atom. The normalized spacial score (nSPS) is 14.1. The van der Waals surface area contributed by atoms with Gasteiger partial charge in [-0.15, -0.1) is 0 Å². The van der Waals surface area contributed by atoms with Crippen LogP contribution in [0.3, 0.4) is 0 Å². The summed E-state index contributed by atoms with van der Waals surface area (Å²) < 4.78 is 17.2. The number of carbonyl (C=O) groups is 2. The second-order valence-electron chi connectivity index (χ2n) is 7.28. The van der Waals surface area contributed by atoms with Crippen molar-refractivity contribution in [1.29, 1.82) is 0 Å². The fourth-order valence-electron chi connectivity index (χ4n) is 3.30. The number of hydrogen-bond donors (Lipinski definition) is 0. The number of hydrogen-bond acceptors (Lipinski definition) is 6. The fourth-order valence-corrected chi connectivity index (χ4v) is 4.06. The molecule has 0 atom stereocenters. The van der Waals surface area contributed by atoms with E-state index in [4.69, 9.17) is 25.8 Å². The van der Waals surface area contributed by atoms with Gasteiger partial charge in [-0.2, -0.15) is 0 Å². The van der Waals surface area contributed by atoms with Gasteiger partial charge in [-0.3, -0.25) is 0 Å². The van der Waals surface area contributed by atoms with Crippen LogP contribution in [0.5, 0.6) is 11.5 Å². The molecule has 0 aromatic heterocycles. The first-order chi connectivity index (χ1) is 16.4. The Morgan fingerprint density at radius 3 is 2.62 bits per heavy atom. The molecule has 4 rings (SSSR count). The number of cyclic esters (lactones) is 1. The molecule has 0 N–H and O–H groups in total. The Balaban J connectivity index is 1.67.